The van der Waals surface area contributed by atoms with Gasteiger partial charge >= 0.3 is 5.69 Å². The number of nitro groups is 1. The summed E-state index contributed by atoms with van der Waals surface area (Å²) < 4.78 is 6.85. The summed E-state index contributed by atoms with van der Waals surface area (Å²) in [4.78, 5) is 22.9. The molecule has 0 saturated carbocycles. The fourth-order valence-corrected chi connectivity index (χ4v) is 2.56. The highest BCUT2D eigenvalue weighted by Crippen LogP contribution is 2.26. The fraction of sp³-hybridized carbons (Fsp3) is 0.158. The van der Waals surface area contributed by atoms with E-state index in [1.807, 2.05) is 32.0 Å². The van der Waals surface area contributed by atoms with Gasteiger partial charge in [0.05, 0.1) is 4.92 Å². The van der Waals surface area contributed by atoms with Crippen molar-refractivity contribution in [3.63, 3.8) is 0 Å². The molecule has 8 heteroatoms. The Labute approximate surface area is 155 Å². The molecule has 0 aliphatic rings. The quantitative estimate of drug-likeness (QED) is 0.530. The molecule has 8 nitrogen and oxygen atoms in total. The van der Waals surface area contributed by atoms with Crippen LogP contribution in [0.15, 0.2) is 54.7 Å². The number of hydrogen-bond acceptors (Lipinski definition) is 5. The third kappa shape index (κ3) is 4.30. The lowest BCUT2D eigenvalue weighted by molar-refractivity contribution is -0.386. The van der Waals surface area contributed by atoms with Crippen LogP contribution < -0.4 is 10.1 Å². The van der Waals surface area contributed by atoms with E-state index in [0.717, 1.165) is 16.8 Å². The Morgan fingerprint density at radius 1 is 1.22 bits per heavy atom. The molecule has 0 saturated heterocycles. The number of amides is 1. The summed E-state index contributed by atoms with van der Waals surface area (Å²) >= 11 is 0. The van der Waals surface area contributed by atoms with Gasteiger partial charge in [-0.15, -0.1) is 0 Å². The number of hydrogen-bond donors (Lipinski definition) is 1. The van der Waals surface area contributed by atoms with E-state index < -0.39 is 4.92 Å². The molecule has 2 aromatic carbocycles. The SMILES string of the molecule is Cc1ccc(NC(=O)c2ccn(COc3ccccc3[N+](=O)[O-])n2)c(C)c1. The molecule has 0 aliphatic carbocycles. The number of rotatable bonds is 6. The zero-order valence-corrected chi connectivity index (χ0v) is 14.9. The minimum absolute atomic E-state index is 0.0539. The molecular formula is C19H18N4O4. The van der Waals surface area contributed by atoms with E-state index in [0.29, 0.717) is 0 Å². The lowest BCUT2D eigenvalue weighted by Gasteiger charge is -2.08. The molecule has 0 fully saturated rings. The summed E-state index contributed by atoms with van der Waals surface area (Å²) in [5.74, 6) is -0.203. The Bertz CT molecular complexity index is 997. The van der Waals surface area contributed by atoms with E-state index in [2.05, 4.69) is 10.4 Å². The fourth-order valence-electron chi connectivity index (χ4n) is 2.56. The van der Waals surface area contributed by atoms with Crippen molar-refractivity contribution in [3.8, 4) is 5.75 Å². The Kier molecular flexibility index (Phi) is 5.16. The molecule has 3 aromatic rings. The summed E-state index contributed by atoms with van der Waals surface area (Å²) in [6.07, 6.45) is 1.58. The first-order valence-electron chi connectivity index (χ1n) is 8.22. The summed E-state index contributed by atoms with van der Waals surface area (Å²) in [5, 5.41) is 18.0. The van der Waals surface area contributed by atoms with Crippen LogP contribution in [0.4, 0.5) is 11.4 Å². The Hall–Kier alpha value is -3.68. The van der Waals surface area contributed by atoms with Crippen LogP contribution in [0, 0.1) is 24.0 Å². The average molecular weight is 366 g/mol. The smallest absolute Gasteiger partial charge is 0.311 e. The summed E-state index contributed by atoms with van der Waals surface area (Å²) in [5.41, 5.74) is 2.89. The first kappa shape index (κ1) is 18.1. The number of ether oxygens (including phenoxy) is 1. The van der Waals surface area contributed by atoms with E-state index in [9.17, 15) is 14.9 Å². The highest BCUT2D eigenvalue weighted by Gasteiger charge is 2.15. The van der Waals surface area contributed by atoms with Crippen LogP contribution in [0.5, 0.6) is 5.75 Å². The minimum atomic E-state index is -0.513. The lowest BCUT2D eigenvalue weighted by Crippen LogP contribution is -2.15. The Balaban J connectivity index is 1.66. The standard InChI is InChI=1S/C19H18N4O4/c1-13-7-8-15(14(2)11-13)20-19(24)16-9-10-22(21-16)12-27-18-6-4-3-5-17(18)23(25)26/h3-11H,12H2,1-2H3,(H,20,24). The van der Waals surface area contributed by atoms with Crippen LogP contribution in [0.1, 0.15) is 21.6 Å². The van der Waals surface area contributed by atoms with Gasteiger partial charge in [-0.1, -0.05) is 29.8 Å². The molecule has 1 amide bonds. The number of carbonyl (C=O) groups excluding carboxylic acids is 1. The molecule has 0 unspecified atom stereocenters. The number of benzene rings is 2. The van der Waals surface area contributed by atoms with Gasteiger partial charge in [-0.25, -0.2) is 4.68 Å². The van der Waals surface area contributed by atoms with Crippen molar-refractivity contribution < 1.29 is 14.5 Å². The molecule has 0 bridgehead atoms. The number of nitro benzene ring substituents is 1. The molecule has 0 atom stereocenters. The minimum Gasteiger partial charge on any atom is -0.464 e. The van der Waals surface area contributed by atoms with Crippen molar-refractivity contribution in [1.82, 2.24) is 9.78 Å². The average Bonchev–Trinajstić information content (AvgIpc) is 3.11. The Morgan fingerprint density at radius 3 is 2.74 bits per heavy atom. The summed E-state index contributed by atoms with van der Waals surface area (Å²) in [7, 11) is 0. The van der Waals surface area contributed by atoms with Gasteiger partial charge in [-0.3, -0.25) is 14.9 Å². The monoisotopic (exact) mass is 366 g/mol. The van der Waals surface area contributed by atoms with Gasteiger partial charge in [0.1, 0.15) is 0 Å². The summed E-state index contributed by atoms with van der Waals surface area (Å²) in [6, 6.07) is 13.4. The second-order valence-electron chi connectivity index (χ2n) is 6.01. The molecule has 27 heavy (non-hydrogen) atoms. The van der Waals surface area contributed by atoms with Gasteiger partial charge in [0, 0.05) is 18.0 Å². The predicted octanol–water partition coefficient (Wildman–Crippen LogP) is 3.70. The molecule has 1 N–H and O–H groups in total. The van der Waals surface area contributed by atoms with Crippen molar-refractivity contribution in [2.24, 2.45) is 0 Å². The van der Waals surface area contributed by atoms with Crippen LogP contribution in [-0.2, 0) is 6.73 Å². The topological polar surface area (TPSA) is 99.3 Å². The first-order valence-corrected chi connectivity index (χ1v) is 8.22. The van der Waals surface area contributed by atoms with Crippen molar-refractivity contribution in [1.29, 1.82) is 0 Å². The van der Waals surface area contributed by atoms with Gasteiger partial charge in [0.15, 0.2) is 18.2 Å². The predicted molar refractivity (Wildman–Crippen MR) is 99.8 cm³/mol. The van der Waals surface area contributed by atoms with Gasteiger partial charge in [0.25, 0.3) is 5.91 Å². The van der Waals surface area contributed by atoms with Gasteiger partial charge in [-0.2, -0.15) is 5.10 Å². The van der Waals surface area contributed by atoms with Crippen LogP contribution in [0.2, 0.25) is 0 Å². The first-order chi connectivity index (χ1) is 12.9. The van der Waals surface area contributed by atoms with Gasteiger partial charge in [-0.05, 0) is 37.6 Å². The maximum atomic E-state index is 12.4. The summed E-state index contributed by atoms with van der Waals surface area (Å²) in [6.45, 7) is 3.85. The zero-order valence-electron chi connectivity index (χ0n) is 14.9. The molecule has 1 heterocycles. The van der Waals surface area contributed by atoms with Crippen LogP contribution in [0.3, 0.4) is 0 Å². The zero-order chi connectivity index (χ0) is 19.4. The van der Waals surface area contributed by atoms with Crippen molar-refractivity contribution in [3.05, 3.63) is 81.7 Å². The highest BCUT2D eigenvalue weighted by atomic mass is 16.6. The maximum Gasteiger partial charge on any atom is 0.311 e. The second kappa shape index (κ2) is 7.69. The van der Waals surface area contributed by atoms with Crippen LogP contribution >= 0.6 is 0 Å². The second-order valence-corrected chi connectivity index (χ2v) is 6.01. The lowest BCUT2D eigenvalue weighted by atomic mass is 10.1. The number of anilines is 1. The van der Waals surface area contributed by atoms with Gasteiger partial charge < -0.3 is 10.1 Å². The number of carbonyl (C=O) groups is 1. The number of nitrogens with zero attached hydrogens (tertiary/aromatic N) is 3. The molecular weight excluding hydrogens is 348 g/mol. The van der Waals surface area contributed by atoms with E-state index in [4.69, 9.17) is 4.74 Å². The van der Waals surface area contributed by atoms with Crippen molar-refractivity contribution >= 4 is 17.3 Å². The highest BCUT2D eigenvalue weighted by molar-refractivity contribution is 6.03. The van der Waals surface area contributed by atoms with E-state index in [1.165, 1.54) is 16.8 Å². The Morgan fingerprint density at radius 2 is 2.00 bits per heavy atom. The third-order valence-electron chi connectivity index (χ3n) is 3.92. The number of aromatic nitrogens is 2. The molecule has 3 rings (SSSR count). The number of para-hydroxylation sites is 2. The van der Waals surface area contributed by atoms with E-state index in [-0.39, 0.29) is 29.8 Å². The third-order valence-corrected chi connectivity index (χ3v) is 3.92. The van der Waals surface area contributed by atoms with Gasteiger partial charge in [0.2, 0.25) is 0 Å². The van der Waals surface area contributed by atoms with Crippen LogP contribution in [0.25, 0.3) is 0 Å². The molecule has 1 aromatic heterocycles. The molecule has 0 spiro atoms. The number of aryl methyl sites for hydroxylation is 2. The molecule has 0 aliphatic heterocycles. The van der Waals surface area contributed by atoms with E-state index in [1.54, 1.807) is 24.4 Å². The van der Waals surface area contributed by atoms with Crippen molar-refractivity contribution in [2.75, 3.05) is 5.32 Å². The number of nitrogens with one attached hydrogen (secondary N) is 1. The normalized spacial score (nSPS) is 10.4. The van der Waals surface area contributed by atoms with E-state index >= 15 is 0 Å². The van der Waals surface area contributed by atoms with Crippen LogP contribution in [-0.4, -0.2) is 20.6 Å². The van der Waals surface area contributed by atoms with Crippen molar-refractivity contribution in [2.45, 2.75) is 20.6 Å². The largest absolute Gasteiger partial charge is 0.464 e. The molecule has 0 radical (unpaired) electrons. The maximum absolute atomic E-state index is 12.4. The molecule has 138 valence electrons.